The SMILES string of the molecule is Cc1ccc(CN2CCN(c3c(C#N)nnc4ccc(C)cc34)CC2)cc1. The zero-order valence-electron chi connectivity index (χ0n) is 15.8. The summed E-state index contributed by atoms with van der Waals surface area (Å²) in [5, 5.41) is 19.0. The smallest absolute Gasteiger partial charge is 0.187 e. The number of aryl methyl sites for hydroxylation is 2. The summed E-state index contributed by atoms with van der Waals surface area (Å²) in [5.74, 6) is 0. The Morgan fingerprint density at radius 3 is 2.33 bits per heavy atom. The molecular formula is C22H23N5. The van der Waals surface area contributed by atoms with E-state index in [0.29, 0.717) is 5.69 Å². The highest BCUT2D eigenvalue weighted by Crippen LogP contribution is 2.29. The molecule has 2 aromatic carbocycles. The predicted molar refractivity (Wildman–Crippen MR) is 108 cm³/mol. The summed E-state index contributed by atoms with van der Waals surface area (Å²) in [6, 6.07) is 17.1. The van der Waals surface area contributed by atoms with E-state index in [1.807, 2.05) is 12.1 Å². The van der Waals surface area contributed by atoms with E-state index >= 15 is 0 Å². The Morgan fingerprint density at radius 2 is 1.63 bits per heavy atom. The van der Waals surface area contributed by atoms with Crippen molar-refractivity contribution in [3.63, 3.8) is 0 Å². The minimum Gasteiger partial charge on any atom is -0.366 e. The molecule has 3 aromatic rings. The molecular weight excluding hydrogens is 334 g/mol. The monoisotopic (exact) mass is 357 g/mol. The van der Waals surface area contributed by atoms with Crippen LogP contribution < -0.4 is 4.90 Å². The number of nitriles is 1. The van der Waals surface area contributed by atoms with Crippen molar-refractivity contribution in [3.05, 3.63) is 64.8 Å². The second kappa shape index (κ2) is 7.34. The van der Waals surface area contributed by atoms with Gasteiger partial charge in [0.1, 0.15) is 6.07 Å². The Bertz CT molecular complexity index is 996. The van der Waals surface area contributed by atoms with Crippen LogP contribution in [-0.4, -0.2) is 41.3 Å². The lowest BCUT2D eigenvalue weighted by Gasteiger charge is -2.36. The van der Waals surface area contributed by atoms with Gasteiger partial charge in [-0.05, 0) is 31.5 Å². The fraction of sp³-hybridized carbons (Fsp3) is 0.318. The third-order valence-electron chi connectivity index (χ3n) is 5.21. The van der Waals surface area contributed by atoms with Crippen molar-refractivity contribution in [3.8, 4) is 6.07 Å². The minimum atomic E-state index is 0.417. The lowest BCUT2D eigenvalue weighted by molar-refractivity contribution is 0.250. The van der Waals surface area contributed by atoms with Crippen molar-refractivity contribution >= 4 is 16.6 Å². The van der Waals surface area contributed by atoms with Crippen LogP contribution in [0.3, 0.4) is 0 Å². The normalized spacial score (nSPS) is 15.1. The van der Waals surface area contributed by atoms with E-state index in [1.165, 1.54) is 16.7 Å². The molecule has 0 bridgehead atoms. The molecule has 0 unspecified atom stereocenters. The Labute approximate surface area is 159 Å². The standard InChI is InChI=1S/C22H23N5/c1-16-3-6-18(7-4-16)15-26-9-11-27(12-10-26)22-19-13-17(2)5-8-20(19)24-25-21(22)14-23/h3-8,13H,9-12,15H2,1-2H3. The van der Waals surface area contributed by atoms with Crippen LogP contribution in [0.25, 0.3) is 10.9 Å². The third-order valence-corrected chi connectivity index (χ3v) is 5.21. The number of anilines is 1. The van der Waals surface area contributed by atoms with Crippen LogP contribution in [0.15, 0.2) is 42.5 Å². The van der Waals surface area contributed by atoms with Crippen LogP contribution in [0.4, 0.5) is 5.69 Å². The number of piperazine rings is 1. The Kier molecular flexibility index (Phi) is 4.74. The number of hydrogen-bond donors (Lipinski definition) is 0. The van der Waals surface area contributed by atoms with Crippen molar-refractivity contribution in [2.24, 2.45) is 0 Å². The number of aromatic nitrogens is 2. The summed E-state index contributed by atoms with van der Waals surface area (Å²) >= 11 is 0. The molecule has 1 saturated heterocycles. The zero-order chi connectivity index (χ0) is 18.8. The van der Waals surface area contributed by atoms with Crippen LogP contribution in [0.5, 0.6) is 0 Å². The topological polar surface area (TPSA) is 56.0 Å². The third kappa shape index (κ3) is 3.62. The predicted octanol–water partition coefficient (Wildman–Crippen LogP) is 3.44. The number of benzene rings is 2. The summed E-state index contributed by atoms with van der Waals surface area (Å²) in [4.78, 5) is 4.76. The first kappa shape index (κ1) is 17.4. The van der Waals surface area contributed by atoms with Crippen molar-refractivity contribution in [1.29, 1.82) is 5.26 Å². The molecule has 5 heteroatoms. The average molecular weight is 357 g/mol. The van der Waals surface area contributed by atoms with E-state index in [0.717, 1.165) is 49.3 Å². The van der Waals surface area contributed by atoms with Crippen molar-refractivity contribution in [2.45, 2.75) is 20.4 Å². The summed E-state index contributed by atoms with van der Waals surface area (Å²) in [6.07, 6.45) is 0. The second-order valence-corrected chi connectivity index (χ2v) is 7.28. The van der Waals surface area contributed by atoms with Gasteiger partial charge in [-0.1, -0.05) is 41.5 Å². The molecule has 27 heavy (non-hydrogen) atoms. The van der Waals surface area contributed by atoms with E-state index in [4.69, 9.17) is 0 Å². The van der Waals surface area contributed by atoms with Gasteiger partial charge >= 0.3 is 0 Å². The minimum absolute atomic E-state index is 0.417. The largest absolute Gasteiger partial charge is 0.366 e. The second-order valence-electron chi connectivity index (χ2n) is 7.28. The molecule has 0 radical (unpaired) electrons. The molecule has 1 fully saturated rings. The highest BCUT2D eigenvalue weighted by atomic mass is 15.3. The van der Waals surface area contributed by atoms with Crippen LogP contribution in [0, 0.1) is 25.2 Å². The first-order chi connectivity index (χ1) is 13.1. The molecule has 0 saturated carbocycles. The molecule has 0 aliphatic carbocycles. The van der Waals surface area contributed by atoms with Crippen molar-refractivity contribution in [1.82, 2.24) is 15.1 Å². The summed E-state index contributed by atoms with van der Waals surface area (Å²) in [7, 11) is 0. The zero-order valence-corrected chi connectivity index (χ0v) is 15.8. The molecule has 1 aliphatic rings. The van der Waals surface area contributed by atoms with E-state index in [-0.39, 0.29) is 0 Å². The first-order valence-electron chi connectivity index (χ1n) is 9.34. The number of fused-ring (bicyclic) bond motifs is 1. The fourth-order valence-corrected chi connectivity index (χ4v) is 3.68. The van der Waals surface area contributed by atoms with Gasteiger partial charge in [-0.3, -0.25) is 4.90 Å². The molecule has 0 atom stereocenters. The number of rotatable bonds is 3. The van der Waals surface area contributed by atoms with Gasteiger partial charge in [0, 0.05) is 38.1 Å². The van der Waals surface area contributed by atoms with Gasteiger partial charge in [0.25, 0.3) is 0 Å². The summed E-state index contributed by atoms with van der Waals surface area (Å²) in [5.41, 5.74) is 6.00. The lowest BCUT2D eigenvalue weighted by atomic mass is 10.1. The molecule has 1 aromatic heterocycles. The molecule has 0 N–H and O–H groups in total. The maximum atomic E-state index is 9.56. The molecule has 136 valence electrons. The van der Waals surface area contributed by atoms with Gasteiger partial charge in [0.15, 0.2) is 5.69 Å². The van der Waals surface area contributed by atoms with Crippen molar-refractivity contribution in [2.75, 3.05) is 31.1 Å². The van der Waals surface area contributed by atoms with Gasteiger partial charge in [-0.25, -0.2) is 0 Å². The van der Waals surface area contributed by atoms with Crippen LogP contribution in [0.2, 0.25) is 0 Å². The molecule has 0 amide bonds. The lowest BCUT2D eigenvalue weighted by Crippen LogP contribution is -2.46. The maximum absolute atomic E-state index is 9.56. The van der Waals surface area contributed by atoms with Gasteiger partial charge in [-0.15, -0.1) is 10.2 Å². The van der Waals surface area contributed by atoms with Gasteiger partial charge in [0.2, 0.25) is 0 Å². The molecule has 1 aliphatic heterocycles. The van der Waals surface area contributed by atoms with E-state index in [1.54, 1.807) is 0 Å². The van der Waals surface area contributed by atoms with Gasteiger partial charge in [0.05, 0.1) is 11.2 Å². The van der Waals surface area contributed by atoms with Crippen molar-refractivity contribution < 1.29 is 0 Å². The van der Waals surface area contributed by atoms with E-state index < -0.39 is 0 Å². The number of hydrogen-bond acceptors (Lipinski definition) is 5. The number of nitrogens with zero attached hydrogens (tertiary/aromatic N) is 5. The quantitative estimate of drug-likeness (QED) is 0.719. The maximum Gasteiger partial charge on any atom is 0.187 e. The highest BCUT2D eigenvalue weighted by molar-refractivity contribution is 5.94. The van der Waals surface area contributed by atoms with Crippen LogP contribution in [-0.2, 0) is 6.54 Å². The Morgan fingerprint density at radius 1 is 0.926 bits per heavy atom. The van der Waals surface area contributed by atoms with Crippen LogP contribution >= 0.6 is 0 Å². The first-order valence-corrected chi connectivity index (χ1v) is 9.34. The molecule has 0 spiro atoms. The summed E-state index contributed by atoms with van der Waals surface area (Å²) in [6.45, 7) is 8.85. The van der Waals surface area contributed by atoms with Gasteiger partial charge in [-0.2, -0.15) is 5.26 Å². The Hall–Kier alpha value is -2.97. The molecule has 2 heterocycles. The summed E-state index contributed by atoms with van der Waals surface area (Å²) < 4.78 is 0. The van der Waals surface area contributed by atoms with Crippen LogP contribution in [0.1, 0.15) is 22.4 Å². The Balaban J connectivity index is 1.55. The molecule has 4 rings (SSSR count). The van der Waals surface area contributed by atoms with E-state index in [2.05, 4.69) is 70.2 Å². The fourth-order valence-electron chi connectivity index (χ4n) is 3.68. The molecule has 5 nitrogen and oxygen atoms in total. The van der Waals surface area contributed by atoms with E-state index in [9.17, 15) is 5.26 Å². The average Bonchev–Trinajstić information content (AvgIpc) is 2.69. The highest BCUT2D eigenvalue weighted by Gasteiger charge is 2.22. The van der Waals surface area contributed by atoms with Gasteiger partial charge < -0.3 is 4.90 Å².